The van der Waals surface area contributed by atoms with Crippen molar-refractivity contribution >= 4 is 17.8 Å². The summed E-state index contributed by atoms with van der Waals surface area (Å²) < 4.78 is 10.4. The third kappa shape index (κ3) is 4.06. The van der Waals surface area contributed by atoms with E-state index in [1.54, 1.807) is 34.6 Å². The van der Waals surface area contributed by atoms with Gasteiger partial charge >= 0.3 is 12.1 Å². The number of esters is 1. The van der Waals surface area contributed by atoms with Crippen molar-refractivity contribution in [3.63, 3.8) is 0 Å². The number of amides is 1. The number of nitrogens with one attached hydrogen (secondary N) is 1. The second kappa shape index (κ2) is 7.03. The van der Waals surface area contributed by atoms with Crippen LogP contribution in [0.15, 0.2) is 0 Å². The number of hydrogen-bond donors (Lipinski definition) is 1. The predicted octanol–water partition coefficient (Wildman–Crippen LogP) is 3.86. The van der Waals surface area contributed by atoms with Crippen LogP contribution in [0.1, 0.15) is 73.1 Å². The number of ether oxygens (including phenoxy) is 2. The minimum Gasteiger partial charge on any atom is -0.469 e. The molecule has 4 fully saturated rings. The van der Waals surface area contributed by atoms with Crippen LogP contribution in [0, 0.1) is 29.1 Å². The van der Waals surface area contributed by atoms with E-state index in [0.29, 0.717) is 30.1 Å². The highest BCUT2D eigenvalue weighted by atomic mass is 16.6. The van der Waals surface area contributed by atoms with Crippen LogP contribution in [0.25, 0.3) is 0 Å². The quantitative estimate of drug-likeness (QED) is 0.717. The van der Waals surface area contributed by atoms with Crippen LogP contribution in [0.3, 0.4) is 0 Å². The van der Waals surface area contributed by atoms with Gasteiger partial charge in [-0.3, -0.25) is 9.59 Å². The number of carbonyl (C=O) groups excluding carboxylic acids is 3. The number of carbonyl (C=O) groups is 3. The van der Waals surface area contributed by atoms with Crippen molar-refractivity contribution in [2.45, 2.75) is 84.3 Å². The van der Waals surface area contributed by atoms with Crippen LogP contribution >= 0.6 is 0 Å². The molecule has 0 radical (unpaired) electrons. The van der Waals surface area contributed by atoms with Crippen LogP contribution in [-0.2, 0) is 19.1 Å². The Labute approximate surface area is 168 Å². The Balaban J connectivity index is 1.65. The molecular formula is C22H35NO5. The standard InChI is InChI=1S/C22H35NO5/c1-20(2,3)28-19(26)23-21(4,5)17(24)9-16-14-7-13-8-15(16)12-22(10-13,11-14)18(25)27-6/h13-16H,7-12H2,1-6H3,(H,23,26). The lowest BCUT2D eigenvalue weighted by molar-refractivity contribution is -0.175. The van der Waals surface area contributed by atoms with Gasteiger partial charge < -0.3 is 14.8 Å². The molecule has 6 nitrogen and oxygen atoms in total. The van der Waals surface area contributed by atoms with Crippen LogP contribution in [0.4, 0.5) is 4.79 Å². The summed E-state index contributed by atoms with van der Waals surface area (Å²) in [5.74, 6) is 1.63. The van der Waals surface area contributed by atoms with Gasteiger partial charge in [-0.05, 0) is 90.4 Å². The van der Waals surface area contributed by atoms with Crippen LogP contribution in [0.2, 0.25) is 0 Å². The Hall–Kier alpha value is -1.59. The molecule has 1 N–H and O–H groups in total. The van der Waals surface area contributed by atoms with Gasteiger partial charge in [-0.1, -0.05) is 0 Å². The highest BCUT2D eigenvalue weighted by Crippen LogP contribution is 2.63. The van der Waals surface area contributed by atoms with Gasteiger partial charge in [-0.15, -0.1) is 0 Å². The van der Waals surface area contributed by atoms with E-state index in [1.807, 2.05) is 0 Å². The Kier molecular flexibility index (Phi) is 5.30. The molecule has 6 heteroatoms. The lowest BCUT2D eigenvalue weighted by Gasteiger charge is -2.58. The number of alkyl carbamates (subject to hydrolysis) is 1. The molecule has 4 aliphatic carbocycles. The zero-order valence-electron chi connectivity index (χ0n) is 18.1. The van der Waals surface area contributed by atoms with Gasteiger partial charge in [0.1, 0.15) is 5.60 Å². The van der Waals surface area contributed by atoms with Gasteiger partial charge in [-0.2, -0.15) is 0 Å². The molecule has 0 aromatic carbocycles. The van der Waals surface area contributed by atoms with Crippen molar-refractivity contribution in [1.82, 2.24) is 5.32 Å². The van der Waals surface area contributed by atoms with Crippen molar-refractivity contribution < 1.29 is 23.9 Å². The van der Waals surface area contributed by atoms with Gasteiger partial charge in [0.05, 0.1) is 18.1 Å². The van der Waals surface area contributed by atoms with Crippen LogP contribution < -0.4 is 5.32 Å². The molecule has 0 heterocycles. The predicted molar refractivity (Wildman–Crippen MR) is 105 cm³/mol. The molecule has 28 heavy (non-hydrogen) atoms. The lowest BCUT2D eigenvalue weighted by Crippen LogP contribution is -2.56. The van der Waals surface area contributed by atoms with Gasteiger partial charge in [0, 0.05) is 6.42 Å². The number of methoxy groups -OCH3 is 1. The molecule has 0 saturated heterocycles. The zero-order chi connectivity index (χ0) is 20.9. The van der Waals surface area contributed by atoms with E-state index in [9.17, 15) is 14.4 Å². The molecule has 0 aliphatic heterocycles. The summed E-state index contributed by atoms with van der Waals surface area (Å²) in [6.45, 7) is 8.88. The average molecular weight is 394 g/mol. The van der Waals surface area contributed by atoms with Crippen molar-refractivity contribution in [2.75, 3.05) is 7.11 Å². The first-order chi connectivity index (χ1) is 12.8. The average Bonchev–Trinajstić information content (AvgIpc) is 2.54. The van der Waals surface area contributed by atoms with Gasteiger partial charge in [-0.25, -0.2) is 4.79 Å². The van der Waals surface area contributed by atoms with E-state index >= 15 is 0 Å². The van der Waals surface area contributed by atoms with E-state index in [0.717, 1.165) is 32.1 Å². The second-order valence-corrected chi connectivity index (χ2v) is 10.8. The monoisotopic (exact) mass is 393 g/mol. The van der Waals surface area contributed by atoms with E-state index in [4.69, 9.17) is 9.47 Å². The Morgan fingerprint density at radius 1 is 1.00 bits per heavy atom. The molecule has 158 valence electrons. The topological polar surface area (TPSA) is 81.7 Å². The first-order valence-corrected chi connectivity index (χ1v) is 10.5. The van der Waals surface area contributed by atoms with Gasteiger partial charge in [0.25, 0.3) is 0 Å². The molecule has 4 bridgehead atoms. The smallest absolute Gasteiger partial charge is 0.408 e. The highest BCUT2D eigenvalue weighted by molar-refractivity contribution is 5.91. The van der Waals surface area contributed by atoms with Crippen LogP contribution in [0.5, 0.6) is 0 Å². The SMILES string of the molecule is COC(=O)C12CC3CC(C1)C(CC(=O)C(C)(C)NC(=O)OC(C)(C)C)C(C3)C2. The summed E-state index contributed by atoms with van der Waals surface area (Å²) in [5, 5.41) is 2.74. The van der Waals surface area contributed by atoms with E-state index in [2.05, 4.69) is 5.32 Å². The van der Waals surface area contributed by atoms with Crippen molar-refractivity contribution in [3.05, 3.63) is 0 Å². The molecule has 2 atom stereocenters. The number of ketones is 1. The van der Waals surface area contributed by atoms with Crippen LogP contribution in [-0.4, -0.2) is 36.1 Å². The summed E-state index contributed by atoms with van der Waals surface area (Å²) in [7, 11) is 1.48. The summed E-state index contributed by atoms with van der Waals surface area (Å²) in [6, 6.07) is 0. The Morgan fingerprint density at radius 2 is 1.57 bits per heavy atom. The molecule has 0 aromatic heterocycles. The first-order valence-electron chi connectivity index (χ1n) is 10.5. The molecule has 4 rings (SSSR count). The highest BCUT2D eigenvalue weighted by Gasteiger charge is 2.59. The summed E-state index contributed by atoms with van der Waals surface area (Å²) in [6.07, 6.45) is 4.71. The maximum atomic E-state index is 13.1. The molecule has 0 aromatic rings. The van der Waals surface area contributed by atoms with E-state index in [1.165, 1.54) is 7.11 Å². The van der Waals surface area contributed by atoms with Crippen molar-refractivity contribution in [2.24, 2.45) is 29.1 Å². The summed E-state index contributed by atoms with van der Waals surface area (Å²) in [4.78, 5) is 37.6. The molecule has 4 saturated carbocycles. The molecule has 0 spiro atoms. The third-order valence-corrected chi connectivity index (χ3v) is 7.02. The van der Waals surface area contributed by atoms with Gasteiger partial charge in [0.15, 0.2) is 5.78 Å². The minimum atomic E-state index is -0.975. The molecule has 1 amide bonds. The van der Waals surface area contributed by atoms with Gasteiger partial charge in [0.2, 0.25) is 0 Å². The maximum Gasteiger partial charge on any atom is 0.408 e. The number of rotatable bonds is 5. The Bertz CT molecular complexity index is 646. The zero-order valence-corrected chi connectivity index (χ0v) is 18.1. The summed E-state index contributed by atoms with van der Waals surface area (Å²) >= 11 is 0. The fraction of sp³-hybridized carbons (Fsp3) is 0.864. The Morgan fingerprint density at radius 3 is 2.07 bits per heavy atom. The number of Topliss-reactive ketones (excluding diaryl/α,β-unsaturated/α-hetero) is 1. The maximum absolute atomic E-state index is 13.1. The second-order valence-electron chi connectivity index (χ2n) is 10.8. The first kappa shape index (κ1) is 21.1. The fourth-order valence-electron chi connectivity index (χ4n) is 6.03. The largest absolute Gasteiger partial charge is 0.469 e. The van der Waals surface area contributed by atoms with Crippen molar-refractivity contribution in [1.29, 1.82) is 0 Å². The summed E-state index contributed by atoms with van der Waals surface area (Å²) in [5.41, 5.74) is -1.90. The third-order valence-electron chi connectivity index (χ3n) is 7.02. The normalized spacial score (nSPS) is 34.1. The van der Waals surface area contributed by atoms with Crippen molar-refractivity contribution in [3.8, 4) is 0 Å². The number of hydrogen-bond acceptors (Lipinski definition) is 5. The molecule has 2 unspecified atom stereocenters. The lowest BCUT2D eigenvalue weighted by atomic mass is 9.45. The van der Waals surface area contributed by atoms with E-state index in [-0.39, 0.29) is 17.2 Å². The molecule has 4 aliphatic rings. The van der Waals surface area contributed by atoms with E-state index < -0.39 is 17.2 Å². The minimum absolute atomic E-state index is 0.0305. The fourth-order valence-corrected chi connectivity index (χ4v) is 6.03. The molecular weight excluding hydrogens is 358 g/mol.